The second-order valence-corrected chi connectivity index (χ2v) is 5.84. The summed E-state index contributed by atoms with van der Waals surface area (Å²) in [5.41, 5.74) is 1.76. The Hall–Kier alpha value is -1.27. The van der Waals surface area contributed by atoms with Gasteiger partial charge in [0.25, 0.3) is 0 Å². The summed E-state index contributed by atoms with van der Waals surface area (Å²) in [6.07, 6.45) is 1.70. The molecule has 0 radical (unpaired) electrons. The molecule has 0 aliphatic heterocycles. The van der Waals surface area contributed by atoms with E-state index in [1.165, 1.54) is 11.3 Å². The molecule has 0 aliphatic carbocycles. The van der Waals surface area contributed by atoms with Gasteiger partial charge in [0.2, 0.25) is 0 Å². The molecule has 0 atom stereocenters. The molecular formula is C13H14BrN3OS. The zero-order chi connectivity index (χ0) is 14.0. The van der Waals surface area contributed by atoms with Gasteiger partial charge in [-0.25, -0.2) is 9.98 Å². The van der Waals surface area contributed by atoms with Crippen LogP contribution in [0.5, 0.6) is 0 Å². The Labute approximate surface area is 124 Å². The van der Waals surface area contributed by atoms with Crippen LogP contribution in [-0.4, -0.2) is 15.3 Å². The third kappa shape index (κ3) is 3.01. The summed E-state index contributed by atoms with van der Waals surface area (Å²) in [7, 11) is 0. The van der Waals surface area contributed by atoms with Crippen molar-refractivity contribution < 1.29 is 4.79 Å². The average molecular weight is 340 g/mol. The highest BCUT2D eigenvalue weighted by Gasteiger charge is 2.12. The molecule has 2 heterocycles. The van der Waals surface area contributed by atoms with Crippen molar-refractivity contribution in [3.05, 3.63) is 38.3 Å². The lowest BCUT2D eigenvalue weighted by atomic mass is 10.3. The number of nitrogens with zero attached hydrogens (tertiary/aromatic N) is 3. The molecule has 0 amide bonds. The smallest absolute Gasteiger partial charge is 0.190 e. The quantitative estimate of drug-likeness (QED) is 0.634. The molecule has 0 aromatic carbocycles. The first-order valence-electron chi connectivity index (χ1n) is 5.90. The SMILES string of the molecule is CCn1c(C)c(C(C)=O)s/c1=N\c1ccc(Br)nc1. The van der Waals surface area contributed by atoms with Crippen molar-refractivity contribution in [1.29, 1.82) is 0 Å². The van der Waals surface area contributed by atoms with Gasteiger partial charge in [0.1, 0.15) is 4.60 Å². The zero-order valence-electron chi connectivity index (χ0n) is 11.0. The zero-order valence-corrected chi connectivity index (χ0v) is 13.4. The summed E-state index contributed by atoms with van der Waals surface area (Å²) >= 11 is 4.72. The Morgan fingerprint density at radius 3 is 2.79 bits per heavy atom. The van der Waals surface area contributed by atoms with Gasteiger partial charge in [-0.3, -0.25) is 4.79 Å². The number of Topliss-reactive ketones (excluding diaryl/α,β-unsaturated/α-hetero) is 1. The maximum atomic E-state index is 11.6. The van der Waals surface area contributed by atoms with E-state index in [0.717, 1.165) is 32.2 Å². The Morgan fingerprint density at radius 1 is 1.53 bits per heavy atom. The Bertz CT molecular complexity index is 670. The monoisotopic (exact) mass is 339 g/mol. The molecule has 2 aromatic heterocycles. The average Bonchev–Trinajstić information content (AvgIpc) is 2.68. The predicted octanol–water partition coefficient (Wildman–Crippen LogP) is 3.47. The normalized spacial score (nSPS) is 11.9. The first kappa shape index (κ1) is 14.1. The number of aromatic nitrogens is 2. The number of carbonyl (C=O) groups is 1. The van der Waals surface area contributed by atoms with Gasteiger partial charge in [-0.15, -0.1) is 0 Å². The van der Waals surface area contributed by atoms with Gasteiger partial charge in [-0.1, -0.05) is 11.3 Å². The van der Waals surface area contributed by atoms with Gasteiger partial charge >= 0.3 is 0 Å². The molecule has 0 saturated carbocycles. The lowest BCUT2D eigenvalue weighted by Crippen LogP contribution is -2.14. The molecule has 19 heavy (non-hydrogen) atoms. The Kier molecular flexibility index (Phi) is 4.31. The third-order valence-corrected chi connectivity index (χ3v) is 4.48. The van der Waals surface area contributed by atoms with Crippen LogP contribution in [0.1, 0.15) is 29.2 Å². The third-order valence-electron chi connectivity index (χ3n) is 2.73. The highest BCUT2D eigenvalue weighted by molar-refractivity contribution is 9.10. The van der Waals surface area contributed by atoms with E-state index in [1.807, 2.05) is 30.5 Å². The van der Waals surface area contributed by atoms with Crippen molar-refractivity contribution in [1.82, 2.24) is 9.55 Å². The molecular weight excluding hydrogens is 326 g/mol. The molecule has 100 valence electrons. The predicted molar refractivity (Wildman–Crippen MR) is 79.9 cm³/mol. The molecule has 0 saturated heterocycles. The number of rotatable bonds is 3. The van der Waals surface area contributed by atoms with Gasteiger partial charge in [-0.05, 0) is 41.9 Å². The number of pyridine rings is 1. The molecule has 0 bridgehead atoms. The number of ketones is 1. The molecule has 2 rings (SSSR count). The summed E-state index contributed by atoms with van der Waals surface area (Å²) in [6.45, 7) is 6.38. The van der Waals surface area contributed by atoms with Gasteiger partial charge in [-0.2, -0.15) is 0 Å². The van der Waals surface area contributed by atoms with Gasteiger partial charge in [0, 0.05) is 19.2 Å². The van der Waals surface area contributed by atoms with Crippen LogP contribution in [0.2, 0.25) is 0 Å². The Balaban J connectivity index is 2.58. The van der Waals surface area contributed by atoms with Crippen molar-refractivity contribution >= 4 is 38.7 Å². The first-order valence-corrected chi connectivity index (χ1v) is 7.51. The Morgan fingerprint density at radius 2 is 2.26 bits per heavy atom. The highest BCUT2D eigenvalue weighted by atomic mass is 79.9. The van der Waals surface area contributed by atoms with Crippen molar-refractivity contribution in [3.8, 4) is 0 Å². The fraction of sp³-hybridized carbons (Fsp3) is 0.308. The van der Waals surface area contributed by atoms with Crippen LogP contribution in [0.15, 0.2) is 27.9 Å². The van der Waals surface area contributed by atoms with Crippen LogP contribution in [-0.2, 0) is 6.54 Å². The minimum Gasteiger partial charge on any atom is -0.321 e. The van der Waals surface area contributed by atoms with Crippen LogP contribution >= 0.6 is 27.3 Å². The lowest BCUT2D eigenvalue weighted by molar-refractivity contribution is 0.102. The first-order chi connectivity index (χ1) is 9.02. The molecule has 0 unspecified atom stereocenters. The second kappa shape index (κ2) is 5.79. The number of halogens is 1. The van der Waals surface area contributed by atoms with Crippen molar-refractivity contribution in [2.45, 2.75) is 27.3 Å². The van der Waals surface area contributed by atoms with E-state index >= 15 is 0 Å². The maximum absolute atomic E-state index is 11.6. The van der Waals surface area contributed by atoms with Gasteiger partial charge < -0.3 is 4.57 Å². The van der Waals surface area contributed by atoms with Crippen molar-refractivity contribution in [2.24, 2.45) is 4.99 Å². The topological polar surface area (TPSA) is 47.2 Å². The van der Waals surface area contributed by atoms with E-state index in [0.29, 0.717) is 0 Å². The number of hydrogen-bond donors (Lipinski definition) is 0. The van der Waals surface area contributed by atoms with Crippen molar-refractivity contribution in [3.63, 3.8) is 0 Å². The van der Waals surface area contributed by atoms with E-state index in [1.54, 1.807) is 13.1 Å². The summed E-state index contributed by atoms with van der Waals surface area (Å²) in [4.78, 5) is 21.9. The molecule has 0 spiro atoms. The van der Waals surface area contributed by atoms with Crippen LogP contribution < -0.4 is 4.80 Å². The minimum absolute atomic E-state index is 0.0834. The minimum atomic E-state index is 0.0834. The molecule has 0 N–H and O–H groups in total. The number of hydrogen-bond acceptors (Lipinski definition) is 4. The standard InChI is InChI=1S/C13H14BrN3OS/c1-4-17-8(2)12(9(3)18)19-13(17)16-10-5-6-11(14)15-7-10/h5-7H,4H2,1-3H3/b16-13-. The molecule has 0 aliphatic rings. The molecule has 0 fully saturated rings. The highest BCUT2D eigenvalue weighted by Crippen LogP contribution is 2.16. The summed E-state index contributed by atoms with van der Waals surface area (Å²) in [6, 6.07) is 3.74. The number of thiazole rings is 1. The van der Waals surface area contributed by atoms with E-state index in [9.17, 15) is 4.79 Å². The van der Waals surface area contributed by atoms with Gasteiger partial charge in [0.05, 0.1) is 16.8 Å². The van der Waals surface area contributed by atoms with Crippen LogP contribution in [0.25, 0.3) is 0 Å². The molecule has 2 aromatic rings. The summed E-state index contributed by atoms with van der Waals surface area (Å²) in [5.74, 6) is 0.0834. The van der Waals surface area contributed by atoms with Gasteiger partial charge in [0.15, 0.2) is 10.6 Å². The van der Waals surface area contributed by atoms with Crippen molar-refractivity contribution in [2.75, 3.05) is 0 Å². The number of carbonyl (C=O) groups excluding carboxylic acids is 1. The van der Waals surface area contributed by atoms with E-state index in [2.05, 4.69) is 25.9 Å². The van der Waals surface area contributed by atoms with Crippen LogP contribution in [0, 0.1) is 6.92 Å². The van der Waals surface area contributed by atoms with E-state index < -0.39 is 0 Å². The van der Waals surface area contributed by atoms with Crippen LogP contribution in [0.3, 0.4) is 0 Å². The van der Waals surface area contributed by atoms with E-state index in [4.69, 9.17) is 0 Å². The fourth-order valence-corrected chi connectivity index (χ4v) is 3.16. The molecule has 6 heteroatoms. The second-order valence-electron chi connectivity index (χ2n) is 4.05. The summed E-state index contributed by atoms with van der Waals surface area (Å²) in [5, 5.41) is 0. The molecule has 4 nitrogen and oxygen atoms in total. The van der Waals surface area contributed by atoms with E-state index in [-0.39, 0.29) is 5.78 Å². The summed E-state index contributed by atoms with van der Waals surface area (Å²) < 4.78 is 2.82. The lowest BCUT2D eigenvalue weighted by Gasteiger charge is -2.01. The fourth-order valence-electron chi connectivity index (χ4n) is 1.81. The van der Waals surface area contributed by atoms with Crippen LogP contribution in [0.4, 0.5) is 5.69 Å². The maximum Gasteiger partial charge on any atom is 0.190 e. The largest absolute Gasteiger partial charge is 0.321 e.